The number of amides is 2. The van der Waals surface area contributed by atoms with Gasteiger partial charge in [0.05, 0.1) is 12.2 Å². The van der Waals surface area contributed by atoms with Crippen molar-refractivity contribution in [2.45, 2.75) is 51.6 Å². The minimum Gasteiger partial charge on any atom is -0.353 e. The summed E-state index contributed by atoms with van der Waals surface area (Å²) in [5.41, 5.74) is -0.271. The number of likely N-dealkylation sites (tertiary alicyclic amines) is 1. The number of carbonyl (C=O) groups is 2. The molecule has 2 aliphatic rings. The van der Waals surface area contributed by atoms with Crippen LogP contribution in [0.15, 0.2) is 0 Å². The van der Waals surface area contributed by atoms with E-state index in [-0.39, 0.29) is 35.7 Å². The minimum atomic E-state index is -3.16. The SMILES string of the molecule is CC(C)(C)N1CC(C(=O)NC2CCN(S(C)(=O)=O)CC2)CC1=O. The molecule has 23 heavy (non-hydrogen) atoms. The van der Waals surface area contributed by atoms with Crippen molar-refractivity contribution < 1.29 is 18.0 Å². The maximum atomic E-state index is 12.4. The Morgan fingerprint density at radius 1 is 1.22 bits per heavy atom. The van der Waals surface area contributed by atoms with E-state index in [0.717, 1.165) is 0 Å². The van der Waals surface area contributed by atoms with Crippen LogP contribution in [0.1, 0.15) is 40.0 Å². The molecule has 8 heteroatoms. The summed E-state index contributed by atoms with van der Waals surface area (Å²) in [6, 6.07) is -0.0145. The molecular formula is C15H27N3O4S. The second kappa shape index (κ2) is 6.39. The molecule has 132 valence electrons. The average molecular weight is 345 g/mol. The van der Waals surface area contributed by atoms with Crippen molar-refractivity contribution in [3.63, 3.8) is 0 Å². The lowest BCUT2D eigenvalue weighted by atomic mass is 10.0. The maximum Gasteiger partial charge on any atom is 0.225 e. The van der Waals surface area contributed by atoms with E-state index in [9.17, 15) is 18.0 Å². The molecule has 1 unspecified atom stereocenters. The van der Waals surface area contributed by atoms with Crippen molar-refractivity contribution in [3.05, 3.63) is 0 Å². The van der Waals surface area contributed by atoms with Crippen LogP contribution in [-0.2, 0) is 19.6 Å². The molecule has 2 amide bonds. The molecule has 0 aliphatic carbocycles. The van der Waals surface area contributed by atoms with E-state index < -0.39 is 10.0 Å². The van der Waals surface area contributed by atoms with Gasteiger partial charge in [0.1, 0.15) is 0 Å². The first-order valence-corrected chi connectivity index (χ1v) is 9.89. The smallest absolute Gasteiger partial charge is 0.225 e. The molecule has 0 radical (unpaired) electrons. The van der Waals surface area contributed by atoms with Crippen LogP contribution in [0.4, 0.5) is 0 Å². The number of nitrogens with zero attached hydrogens (tertiary/aromatic N) is 2. The lowest BCUT2D eigenvalue weighted by molar-refractivity contribution is -0.132. The summed E-state index contributed by atoms with van der Waals surface area (Å²) >= 11 is 0. The quantitative estimate of drug-likeness (QED) is 0.790. The molecule has 0 bridgehead atoms. The summed E-state index contributed by atoms with van der Waals surface area (Å²) in [4.78, 5) is 26.2. The highest BCUT2D eigenvalue weighted by molar-refractivity contribution is 7.88. The van der Waals surface area contributed by atoms with Gasteiger partial charge in [-0.25, -0.2) is 12.7 Å². The number of carbonyl (C=O) groups excluding carboxylic acids is 2. The molecule has 1 N–H and O–H groups in total. The van der Waals surface area contributed by atoms with Gasteiger partial charge in [0, 0.05) is 37.6 Å². The highest BCUT2D eigenvalue weighted by Gasteiger charge is 2.40. The van der Waals surface area contributed by atoms with Crippen molar-refractivity contribution in [1.29, 1.82) is 0 Å². The van der Waals surface area contributed by atoms with Gasteiger partial charge in [0.2, 0.25) is 21.8 Å². The molecular weight excluding hydrogens is 318 g/mol. The lowest BCUT2D eigenvalue weighted by Crippen LogP contribution is -2.48. The Labute approximate surface area is 138 Å². The molecule has 2 aliphatic heterocycles. The third-order valence-electron chi connectivity index (χ3n) is 4.57. The van der Waals surface area contributed by atoms with Crippen molar-refractivity contribution in [2.24, 2.45) is 5.92 Å². The Bertz CT molecular complexity index is 574. The standard InChI is InChI=1S/C15H27N3O4S/c1-15(2,3)18-10-11(9-13(18)19)14(20)16-12-5-7-17(8-6-12)23(4,21)22/h11-12H,5-10H2,1-4H3,(H,16,20). The first kappa shape index (κ1) is 18.2. The lowest BCUT2D eigenvalue weighted by Gasteiger charge is -2.32. The van der Waals surface area contributed by atoms with Crippen LogP contribution in [0.5, 0.6) is 0 Å². The Kier molecular flexibility index (Phi) is 5.06. The molecule has 0 aromatic carbocycles. The molecule has 2 rings (SSSR count). The van der Waals surface area contributed by atoms with Crippen LogP contribution < -0.4 is 5.32 Å². The normalized spacial score (nSPS) is 25.0. The van der Waals surface area contributed by atoms with Crippen LogP contribution in [-0.4, -0.2) is 66.9 Å². The molecule has 0 aromatic heterocycles. The maximum absolute atomic E-state index is 12.4. The zero-order chi connectivity index (χ0) is 17.4. The third-order valence-corrected chi connectivity index (χ3v) is 5.88. The summed E-state index contributed by atoms with van der Waals surface area (Å²) in [5, 5.41) is 2.99. The fourth-order valence-electron chi connectivity index (χ4n) is 3.18. The molecule has 0 aromatic rings. The number of nitrogens with one attached hydrogen (secondary N) is 1. The number of piperidine rings is 1. The topological polar surface area (TPSA) is 86.8 Å². The van der Waals surface area contributed by atoms with Crippen molar-refractivity contribution in [3.8, 4) is 0 Å². The fourth-order valence-corrected chi connectivity index (χ4v) is 4.06. The van der Waals surface area contributed by atoms with Crippen LogP contribution in [0.2, 0.25) is 0 Å². The zero-order valence-electron chi connectivity index (χ0n) is 14.3. The summed E-state index contributed by atoms with van der Waals surface area (Å²) in [6.07, 6.45) is 2.69. The Morgan fingerprint density at radius 2 is 1.78 bits per heavy atom. The molecule has 2 fully saturated rings. The van der Waals surface area contributed by atoms with Gasteiger partial charge in [-0.3, -0.25) is 9.59 Å². The first-order chi connectivity index (χ1) is 10.5. The van der Waals surface area contributed by atoms with Crippen LogP contribution in [0.25, 0.3) is 0 Å². The molecule has 0 saturated carbocycles. The van der Waals surface area contributed by atoms with Crippen molar-refractivity contribution in [2.75, 3.05) is 25.9 Å². The van der Waals surface area contributed by atoms with Crippen molar-refractivity contribution >= 4 is 21.8 Å². The number of rotatable bonds is 3. The first-order valence-electron chi connectivity index (χ1n) is 8.04. The number of hydrogen-bond donors (Lipinski definition) is 1. The van der Waals surface area contributed by atoms with Gasteiger partial charge in [0.15, 0.2) is 0 Å². The summed E-state index contributed by atoms with van der Waals surface area (Å²) in [5.74, 6) is -0.387. The van der Waals surface area contributed by atoms with Gasteiger partial charge in [-0.1, -0.05) is 0 Å². The van der Waals surface area contributed by atoms with Crippen LogP contribution >= 0.6 is 0 Å². The highest BCUT2D eigenvalue weighted by Crippen LogP contribution is 2.26. The number of sulfonamides is 1. The molecule has 2 saturated heterocycles. The Hall–Kier alpha value is -1.15. The molecule has 7 nitrogen and oxygen atoms in total. The summed E-state index contributed by atoms with van der Waals surface area (Å²) in [7, 11) is -3.16. The Morgan fingerprint density at radius 3 is 2.22 bits per heavy atom. The van der Waals surface area contributed by atoms with Crippen molar-refractivity contribution in [1.82, 2.24) is 14.5 Å². The van der Waals surface area contributed by atoms with E-state index in [2.05, 4.69) is 5.32 Å². The second-order valence-electron chi connectivity index (χ2n) is 7.52. The predicted octanol–water partition coefficient (Wildman–Crippen LogP) is 0.174. The fraction of sp³-hybridized carbons (Fsp3) is 0.867. The van der Waals surface area contributed by atoms with Crippen LogP contribution in [0.3, 0.4) is 0 Å². The largest absolute Gasteiger partial charge is 0.353 e. The highest BCUT2D eigenvalue weighted by atomic mass is 32.2. The van der Waals surface area contributed by atoms with E-state index in [4.69, 9.17) is 0 Å². The second-order valence-corrected chi connectivity index (χ2v) is 9.50. The molecule has 2 heterocycles. The molecule has 0 spiro atoms. The van der Waals surface area contributed by atoms with Gasteiger partial charge in [-0.15, -0.1) is 0 Å². The van der Waals surface area contributed by atoms with E-state index in [1.807, 2.05) is 20.8 Å². The monoisotopic (exact) mass is 345 g/mol. The summed E-state index contributed by atoms with van der Waals surface area (Å²) in [6.45, 7) is 7.21. The van der Waals surface area contributed by atoms with Gasteiger partial charge in [-0.2, -0.15) is 0 Å². The Balaban J connectivity index is 1.86. The van der Waals surface area contributed by atoms with E-state index in [1.54, 1.807) is 4.90 Å². The average Bonchev–Trinajstić information content (AvgIpc) is 2.80. The third kappa shape index (κ3) is 4.44. The number of hydrogen-bond acceptors (Lipinski definition) is 4. The minimum absolute atomic E-state index is 0.0145. The van der Waals surface area contributed by atoms with E-state index in [0.29, 0.717) is 32.5 Å². The molecule has 1 atom stereocenters. The van der Waals surface area contributed by atoms with E-state index in [1.165, 1.54) is 10.6 Å². The van der Waals surface area contributed by atoms with E-state index >= 15 is 0 Å². The van der Waals surface area contributed by atoms with Gasteiger partial charge in [-0.05, 0) is 33.6 Å². The van der Waals surface area contributed by atoms with Gasteiger partial charge in [0.25, 0.3) is 0 Å². The van der Waals surface area contributed by atoms with Gasteiger partial charge >= 0.3 is 0 Å². The van der Waals surface area contributed by atoms with Gasteiger partial charge < -0.3 is 10.2 Å². The predicted molar refractivity (Wildman–Crippen MR) is 87.2 cm³/mol. The zero-order valence-corrected chi connectivity index (χ0v) is 15.1. The van der Waals surface area contributed by atoms with Crippen LogP contribution in [0, 0.1) is 5.92 Å². The summed E-state index contributed by atoms with van der Waals surface area (Å²) < 4.78 is 24.4.